The topological polar surface area (TPSA) is 97.0 Å². The van der Waals surface area contributed by atoms with Crippen LogP contribution in [-0.2, 0) is 6.54 Å². The first-order valence-corrected chi connectivity index (χ1v) is 9.94. The molecule has 2 aromatic heterocycles. The van der Waals surface area contributed by atoms with E-state index in [0.717, 1.165) is 33.8 Å². The molecule has 0 spiro atoms. The molecule has 0 saturated heterocycles. The normalized spacial score (nSPS) is 13.0. The zero-order valence-corrected chi connectivity index (χ0v) is 17.4. The Morgan fingerprint density at radius 1 is 0.900 bits per heavy atom. The number of hydrogen-bond acceptors (Lipinski definition) is 6. The Morgan fingerprint density at radius 2 is 1.60 bits per heavy atom. The van der Waals surface area contributed by atoms with Crippen LogP contribution in [0.4, 0.5) is 0 Å². The van der Waals surface area contributed by atoms with Gasteiger partial charge in [-0.3, -0.25) is 0 Å². The average molecular weight is 431 g/mol. The molecule has 0 bridgehead atoms. The van der Waals surface area contributed by atoms with Crippen LogP contribution in [0, 0.1) is 6.92 Å². The molecule has 0 unspecified atom stereocenters. The monoisotopic (exact) mass is 430 g/mol. The van der Waals surface area contributed by atoms with Crippen LogP contribution in [0.2, 0.25) is 0 Å². The van der Waals surface area contributed by atoms with Gasteiger partial charge in [-0.1, -0.05) is 73.0 Å². The van der Waals surface area contributed by atoms with Gasteiger partial charge in [0.05, 0.1) is 6.54 Å². The summed E-state index contributed by atoms with van der Waals surface area (Å²) in [6, 6.07) is 16.2. The summed E-state index contributed by atoms with van der Waals surface area (Å²) in [5.74, 6) is 1.35. The Bertz CT molecular complexity index is 1320. The molecule has 4 aromatic rings. The number of nitrogens with one attached hydrogen (secondary N) is 1. The van der Waals surface area contributed by atoms with Gasteiger partial charge in [0.2, 0.25) is 5.82 Å². The highest BCUT2D eigenvalue weighted by molar-refractivity contribution is 7.81. The zero-order valence-electron chi connectivity index (χ0n) is 15.8. The van der Waals surface area contributed by atoms with E-state index in [-0.39, 0.29) is 0 Å². The number of tetrazole rings is 1. The van der Waals surface area contributed by atoms with E-state index in [2.05, 4.69) is 54.0 Å². The van der Waals surface area contributed by atoms with Crippen LogP contribution in [0.3, 0.4) is 0 Å². The summed E-state index contributed by atoms with van der Waals surface area (Å²) in [6.45, 7) is 2.49. The second-order valence-corrected chi connectivity index (χ2v) is 7.46. The van der Waals surface area contributed by atoms with Gasteiger partial charge in [-0.05, 0) is 28.8 Å². The molecule has 0 amide bonds. The third-order valence-corrected chi connectivity index (χ3v) is 5.49. The van der Waals surface area contributed by atoms with Crippen molar-refractivity contribution in [1.29, 1.82) is 0 Å². The predicted molar refractivity (Wildman–Crippen MR) is 119 cm³/mol. The van der Waals surface area contributed by atoms with E-state index >= 15 is 0 Å². The van der Waals surface area contributed by atoms with E-state index in [1.807, 2.05) is 41.8 Å². The minimum atomic E-state index is 0.358. The quantitative estimate of drug-likeness (QED) is 0.493. The van der Waals surface area contributed by atoms with E-state index in [0.29, 0.717) is 28.0 Å². The number of azo groups is 1. The van der Waals surface area contributed by atoms with Gasteiger partial charge in [0.1, 0.15) is 17.2 Å². The van der Waals surface area contributed by atoms with E-state index in [1.165, 1.54) is 0 Å². The molecule has 1 N–H and O–H groups in total. The molecular formula is C20H14N8S2. The fourth-order valence-electron chi connectivity index (χ4n) is 3.59. The number of aryl methyl sites for hydroxylation is 1. The molecule has 1 aliphatic heterocycles. The van der Waals surface area contributed by atoms with Crippen LogP contribution >= 0.6 is 24.4 Å². The molecule has 3 heterocycles. The van der Waals surface area contributed by atoms with Crippen LogP contribution in [0.25, 0.3) is 22.5 Å². The van der Waals surface area contributed by atoms with E-state index in [4.69, 9.17) is 24.4 Å². The highest BCUT2D eigenvalue weighted by Crippen LogP contribution is 2.33. The van der Waals surface area contributed by atoms with Crippen molar-refractivity contribution in [2.75, 3.05) is 0 Å². The summed E-state index contributed by atoms with van der Waals surface area (Å²) < 4.78 is 2.04. The lowest BCUT2D eigenvalue weighted by Gasteiger charge is -2.16. The van der Waals surface area contributed by atoms with Crippen molar-refractivity contribution in [2.24, 2.45) is 10.2 Å². The number of nitrogens with zero attached hydrogens (tertiary/aromatic N) is 7. The Hall–Kier alpha value is -3.50. The standard InChI is InChI=1S/C20H14N8S2/c1-11-21-16-17(20(30)25-24-19(16)29)28(11)10-12-6-2-3-7-13(12)14-8-4-5-9-15(14)18-22-26-27-23-18/h2-9H,10H2,1H3,(H,22,23,26,27). The lowest BCUT2D eigenvalue weighted by Crippen LogP contribution is -2.15. The number of rotatable bonds is 4. The minimum Gasteiger partial charge on any atom is -0.321 e. The SMILES string of the molecule is Cc1nc2c(n1Cc1ccccc1-c1ccccc1-c1nn[nH]n1)C(=S)N=NC2=S. The van der Waals surface area contributed by atoms with Crippen molar-refractivity contribution < 1.29 is 0 Å². The Balaban J connectivity index is 1.63. The molecule has 0 saturated carbocycles. The zero-order chi connectivity index (χ0) is 20.7. The van der Waals surface area contributed by atoms with Crippen molar-refractivity contribution in [1.82, 2.24) is 30.2 Å². The first kappa shape index (κ1) is 18.5. The van der Waals surface area contributed by atoms with Gasteiger partial charge in [-0.25, -0.2) is 4.98 Å². The van der Waals surface area contributed by atoms with Gasteiger partial charge in [-0.15, -0.1) is 20.4 Å². The number of thiocarbonyl (C=S) groups is 2. The minimum absolute atomic E-state index is 0.358. The summed E-state index contributed by atoms with van der Waals surface area (Å²) in [6.07, 6.45) is 0. The summed E-state index contributed by atoms with van der Waals surface area (Å²) in [5, 5.41) is 22.5. The summed E-state index contributed by atoms with van der Waals surface area (Å²) in [7, 11) is 0. The van der Waals surface area contributed by atoms with E-state index < -0.39 is 0 Å². The molecule has 0 atom stereocenters. The number of aromatic nitrogens is 6. The molecule has 2 aromatic carbocycles. The fourth-order valence-corrected chi connectivity index (χ4v) is 4.02. The highest BCUT2D eigenvalue weighted by Gasteiger charge is 2.25. The van der Waals surface area contributed by atoms with Crippen molar-refractivity contribution in [3.63, 3.8) is 0 Å². The fraction of sp³-hybridized carbons (Fsp3) is 0.100. The Kier molecular flexibility index (Phi) is 4.57. The number of imidazole rings is 1. The number of benzene rings is 2. The first-order chi connectivity index (χ1) is 14.6. The second kappa shape index (κ2) is 7.39. The molecule has 146 valence electrons. The van der Waals surface area contributed by atoms with Crippen molar-refractivity contribution in [2.45, 2.75) is 13.5 Å². The van der Waals surface area contributed by atoms with Crippen molar-refractivity contribution >= 4 is 34.4 Å². The first-order valence-electron chi connectivity index (χ1n) is 9.12. The maximum absolute atomic E-state index is 5.42. The molecule has 8 nitrogen and oxygen atoms in total. The maximum atomic E-state index is 5.42. The lowest BCUT2D eigenvalue weighted by molar-refractivity contribution is 0.756. The van der Waals surface area contributed by atoms with Gasteiger partial charge in [0.25, 0.3) is 0 Å². The van der Waals surface area contributed by atoms with Gasteiger partial charge >= 0.3 is 0 Å². The summed E-state index contributed by atoms with van der Waals surface area (Å²) >= 11 is 10.7. The molecule has 10 heteroatoms. The smallest absolute Gasteiger partial charge is 0.205 e. The van der Waals surface area contributed by atoms with Crippen LogP contribution in [0.15, 0.2) is 58.8 Å². The predicted octanol–water partition coefficient (Wildman–Crippen LogP) is 3.90. The van der Waals surface area contributed by atoms with Gasteiger partial charge < -0.3 is 4.57 Å². The van der Waals surface area contributed by atoms with Crippen LogP contribution < -0.4 is 0 Å². The Labute approximate surface area is 182 Å². The van der Waals surface area contributed by atoms with Crippen molar-refractivity contribution in [3.05, 3.63) is 71.3 Å². The van der Waals surface area contributed by atoms with E-state index in [9.17, 15) is 0 Å². The number of H-pyrrole nitrogens is 1. The average Bonchev–Trinajstić information content (AvgIpc) is 3.41. The third kappa shape index (κ3) is 3.06. The second-order valence-electron chi connectivity index (χ2n) is 6.69. The Morgan fingerprint density at radius 3 is 2.37 bits per heavy atom. The molecule has 1 aliphatic rings. The lowest BCUT2D eigenvalue weighted by atomic mass is 9.95. The van der Waals surface area contributed by atoms with Crippen LogP contribution in [-0.4, -0.2) is 40.2 Å². The number of fused-ring (bicyclic) bond motifs is 1. The molecule has 0 radical (unpaired) electrons. The molecule has 30 heavy (non-hydrogen) atoms. The van der Waals surface area contributed by atoms with E-state index in [1.54, 1.807) is 0 Å². The van der Waals surface area contributed by atoms with Crippen LogP contribution in [0.1, 0.15) is 22.8 Å². The maximum Gasteiger partial charge on any atom is 0.205 e. The highest BCUT2D eigenvalue weighted by atomic mass is 32.1. The van der Waals surface area contributed by atoms with Crippen molar-refractivity contribution in [3.8, 4) is 22.5 Å². The van der Waals surface area contributed by atoms with Gasteiger partial charge in [-0.2, -0.15) is 5.21 Å². The number of hydrogen-bond donors (Lipinski definition) is 1. The van der Waals surface area contributed by atoms with Gasteiger partial charge in [0, 0.05) is 5.56 Å². The molecule has 5 rings (SSSR count). The summed E-state index contributed by atoms with van der Waals surface area (Å²) in [4.78, 5) is 5.34. The number of aromatic amines is 1. The summed E-state index contributed by atoms with van der Waals surface area (Å²) in [5.41, 5.74) is 5.42. The molecule has 0 aliphatic carbocycles. The largest absolute Gasteiger partial charge is 0.321 e. The molecule has 0 fully saturated rings. The molecular weight excluding hydrogens is 416 g/mol. The van der Waals surface area contributed by atoms with Crippen LogP contribution in [0.5, 0.6) is 0 Å². The third-order valence-electron chi connectivity index (χ3n) is 4.94. The van der Waals surface area contributed by atoms with Gasteiger partial charge in [0.15, 0.2) is 9.98 Å².